The van der Waals surface area contributed by atoms with Crippen molar-refractivity contribution in [2.24, 2.45) is 40.4 Å². The van der Waals surface area contributed by atoms with Gasteiger partial charge in [-0.25, -0.2) is 0 Å². The van der Waals surface area contributed by atoms with Gasteiger partial charge in [0, 0.05) is 18.3 Å². The Morgan fingerprint density at radius 1 is 1.16 bits per heavy atom. The number of carbonyl (C=O) groups excluding carboxylic acids is 2. The van der Waals surface area contributed by atoms with Gasteiger partial charge in [0.05, 0.1) is 0 Å². The van der Waals surface area contributed by atoms with Crippen molar-refractivity contribution in [1.82, 2.24) is 0 Å². The summed E-state index contributed by atoms with van der Waals surface area (Å²) in [7, 11) is 0. The number of hydrogen-bond acceptors (Lipinski definition) is 3. The third-order valence-corrected chi connectivity index (χ3v) is 8.67. The second-order valence-electron chi connectivity index (χ2n) is 9.60. The summed E-state index contributed by atoms with van der Waals surface area (Å²) in [6, 6.07) is 0. The normalized spacial score (nSPS) is 52.4. The van der Waals surface area contributed by atoms with Gasteiger partial charge < -0.3 is 4.74 Å². The maximum Gasteiger partial charge on any atom is 0.302 e. The minimum atomic E-state index is -0.142. The topological polar surface area (TPSA) is 43.4 Å². The van der Waals surface area contributed by atoms with Gasteiger partial charge in [-0.2, -0.15) is 0 Å². The fourth-order valence-electron chi connectivity index (χ4n) is 7.24. The Morgan fingerprint density at radius 2 is 1.96 bits per heavy atom. The first-order valence-electron chi connectivity index (χ1n) is 9.97. The van der Waals surface area contributed by atoms with Crippen LogP contribution in [-0.4, -0.2) is 17.9 Å². The molecule has 8 atom stereocenters. The molecule has 0 bridgehead atoms. The highest BCUT2D eigenvalue weighted by Crippen LogP contribution is 2.69. The van der Waals surface area contributed by atoms with E-state index in [0.717, 1.165) is 25.7 Å². The molecule has 0 saturated heterocycles. The highest BCUT2D eigenvalue weighted by Gasteiger charge is 2.65. The van der Waals surface area contributed by atoms with Crippen LogP contribution in [0.3, 0.4) is 0 Å². The van der Waals surface area contributed by atoms with Crippen LogP contribution in [0.25, 0.3) is 0 Å². The quantitative estimate of drug-likeness (QED) is 0.676. The van der Waals surface area contributed by atoms with E-state index in [2.05, 4.69) is 26.0 Å². The van der Waals surface area contributed by atoms with Gasteiger partial charge in [0.15, 0.2) is 5.78 Å². The summed E-state index contributed by atoms with van der Waals surface area (Å²) >= 11 is 0. The SMILES string of the molecule is CC(=O)O[C@H]1CC[C@H]2[C@@H]3C=CC4=CC(=O)[C@@H]5C[C@@H]5[C@]4(C)[C@H]3CC[C@]12C. The Hall–Kier alpha value is -1.38. The molecule has 5 rings (SSSR count). The molecule has 0 aromatic heterocycles. The van der Waals surface area contributed by atoms with Crippen molar-refractivity contribution >= 4 is 11.8 Å². The summed E-state index contributed by atoms with van der Waals surface area (Å²) in [4.78, 5) is 23.8. The van der Waals surface area contributed by atoms with Gasteiger partial charge in [0.25, 0.3) is 0 Å². The van der Waals surface area contributed by atoms with Gasteiger partial charge in [-0.3, -0.25) is 9.59 Å². The predicted molar refractivity (Wildman–Crippen MR) is 94.5 cm³/mol. The summed E-state index contributed by atoms with van der Waals surface area (Å²) in [6.45, 7) is 6.31. The number of allylic oxidation sites excluding steroid dienone is 4. The molecule has 0 aromatic carbocycles. The second-order valence-corrected chi connectivity index (χ2v) is 9.60. The van der Waals surface area contributed by atoms with Crippen molar-refractivity contribution in [1.29, 1.82) is 0 Å². The van der Waals surface area contributed by atoms with E-state index in [1.807, 2.05) is 6.08 Å². The third kappa shape index (κ3) is 1.93. The molecule has 0 amide bonds. The van der Waals surface area contributed by atoms with Gasteiger partial charge in [0.1, 0.15) is 6.10 Å². The van der Waals surface area contributed by atoms with Crippen LogP contribution in [-0.2, 0) is 14.3 Å². The van der Waals surface area contributed by atoms with Crippen LogP contribution in [0, 0.1) is 40.4 Å². The lowest BCUT2D eigenvalue weighted by Gasteiger charge is -2.55. The first kappa shape index (κ1) is 15.8. The highest BCUT2D eigenvalue weighted by atomic mass is 16.5. The highest BCUT2D eigenvalue weighted by molar-refractivity contribution is 5.97. The van der Waals surface area contributed by atoms with Crippen LogP contribution in [0.15, 0.2) is 23.8 Å². The van der Waals surface area contributed by atoms with Crippen LogP contribution in [0.1, 0.15) is 52.9 Å². The number of rotatable bonds is 1. The molecular formula is C22H28O3. The molecule has 0 unspecified atom stereocenters. The summed E-state index contributed by atoms with van der Waals surface area (Å²) in [6.07, 6.45) is 12.3. The van der Waals surface area contributed by atoms with Gasteiger partial charge >= 0.3 is 5.97 Å². The van der Waals surface area contributed by atoms with Crippen LogP contribution < -0.4 is 0 Å². The standard InChI is InChI=1S/C22H28O3/c1-12(23)25-20-7-6-16-14-5-4-13-10-19(24)15-11-18(15)22(13,3)17(14)8-9-21(16,20)2/h4-5,10,14-18,20H,6-9,11H2,1-3H3/t14-,15+,16-,17-,18-,20-,21-,22-/m0/s1. The van der Waals surface area contributed by atoms with Crippen LogP contribution >= 0.6 is 0 Å². The fourth-order valence-corrected chi connectivity index (χ4v) is 7.24. The van der Waals surface area contributed by atoms with Crippen molar-refractivity contribution in [2.45, 2.75) is 59.0 Å². The molecular weight excluding hydrogens is 312 g/mol. The van der Waals surface area contributed by atoms with Gasteiger partial charge in [-0.05, 0) is 72.8 Å². The Balaban J connectivity index is 1.51. The van der Waals surface area contributed by atoms with Crippen molar-refractivity contribution < 1.29 is 14.3 Å². The van der Waals surface area contributed by atoms with E-state index in [4.69, 9.17) is 4.74 Å². The molecule has 134 valence electrons. The monoisotopic (exact) mass is 340 g/mol. The van der Waals surface area contributed by atoms with E-state index >= 15 is 0 Å². The summed E-state index contributed by atoms with van der Waals surface area (Å²) in [5.41, 5.74) is 1.58. The summed E-state index contributed by atoms with van der Waals surface area (Å²) < 4.78 is 5.72. The molecule has 0 heterocycles. The molecule has 25 heavy (non-hydrogen) atoms. The molecule has 3 saturated carbocycles. The van der Waals surface area contributed by atoms with Gasteiger partial charge in [-0.15, -0.1) is 0 Å². The average molecular weight is 340 g/mol. The van der Waals surface area contributed by atoms with E-state index in [0.29, 0.717) is 35.4 Å². The first-order valence-corrected chi connectivity index (χ1v) is 9.97. The second kappa shape index (κ2) is 4.86. The Labute approximate surface area is 149 Å². The lowest BCUT2D eigenvalue weighted by molar-refractivity contribution is -0.155. The zero-order valence-electron chi connectivity index (χ0n) is 15.5. The Bertz CT molecular complexity index is 719. The molecule has 5 aliphatic rings. The molecule has 5 aliphatic carbocycles. The average Bonchev–Trinajstić information content (AvgIpc) is 3.30. The zero-order chi connectivity index (χ0) is 17.6. The fraction of sp³-hybridized carbons (Fsp3) is 0.727. The van der Waals surface area contributed by atoms with E-state index in [9.17, 15) is 9.59 Å². The van der Waals surface area contributed by atoms with Crippen molar-refractivity contribution in [3.8, 4) is 0 Å². The van der Waals surface area contributed by atoms with Crippen molar-refractivity contribution in [3.05, 3.63) is 23.8 Å². The van der Waals surface area contributed by atoms with Crippen molar-refractivity contribution in [2.75, 3.05) is 0 Å². The Kier molecular flexibility index (Phi) is 3.08. The molecule has 3 nitrogen and oxygen atoms in total. The summed E-state index contributed by atoms with van der Waals surface area (Å²) in [5, 5.41) is 0. The predicted octanol–water partition coefficient (Wildman–Crippen LogP) is 4.08. The van der Waals surface area contributed by atoms with E-state index in [1.54, 1.807) is 0 Å². The first-order chi connectivity index (χ1) is 11.9. The minimum Gasteiger partial charge on any atom is -0.462 e. The van der Waals surface area contributed by atoms with Crippen LogP contribution in [0.5, 0.6) is 0 Å². The number of carbonyl (C=O) groups is 2. The van der Waals surface area contributed by atoms with Gasteiger partial charge in [-0.1, -0.05) is 26.0 Å². The lowest BCUT2D eigenvalue weighted by atomic mass is 9.49. The minimum absolute atomic E-state index is 0.0794. The van der Waals surface area contributed by atoms with Crippen molar-refractivity contribution in [3.63, 3.8) is 0 Å². The molecule has 0 N–H and O–H groups in total. The maximum absolute atomic E-state index is 12.2. The van der Waals surface area contributed by atoms with Gasteiger partial charge in [0.2, 0.25) is 0 Å². The molecule has 3 heteroatoms. The maximum atomic E-state index is 12.2. The largest absolute Gasteiger partial charge is 0.462 e. The van der Waals surface area contributed by atoms with Crippen LogP contribution in [0.4, 0.5) is 0 Å². The Morgan fingerprint density at radius 3 is 2.72 bits per heavy atom. The number of ketones is 1. The molecule has 0 radical (unpaired) electrons. The van der Waals surface area contributed by atoms with E-state index in [-0.39, 0.29) is 22.9 Å². The smallest absolute Gasteiger partial charge is 0.302 e. The lowest BCUT2D eigenvalue weighted by Crippen LogP contribution is -2.51. The van der Waals surface area contributed by atoms with Crippen LogP contribution in [0.2, 0.25) is 0 Å². The third-order valence-electron chi connectivity index (χ3n) is 8.67. The number of ether oxygens (including phenoxy) is 1. The van der Waals surface area contributed by atoms with E-state index < -0.39 is 0 Å². The molecule has 0 spiro atoms. The molecule has 3 fully saturated rings. The number of hydrogen-bond donors (Lipinski definition) is 0. The molecule has 0 aliphatic heterocycles. The summed E-state index contributed by atoms with van der Waals surface area (Å²) in [5.74, 6) is 2.88. The van der Waals surface area contributed by atoms with E-state index in [1.165, 1.54) is 18.9 Å². The molecule has 0 aromatic rings. The zero-order valence-corrected chi connectivity index (χ0v) is 15.5. The number of esters is 1. The number of fused-ring (bicyclic) bond motifs is 7.